The van der Waals surface area contributed by atoms with Crippen LogP contribution in [0.2, 0.25) is 0 Å². The standard InChI is InChI=1S/C23H23BrN2O3S/c1-16-9-12-19(13-10-16)30(28,29)26(22-14-17(2)8-11-18(22)3)15-23(27)25-21-7-5-4-6-20(21)24/h4-14H,15H2,1-3H3,(H,25,27). The molecule has 0 aliphatic carbocycles. The summed E-state index contributed by atoms with van der Waals surface area (Å²) in [5, 5.41) is 2.79. The van der Waals surface area contributed by atoms with E-state index in [-0.39, 0.29) is 11.4 Å². The third-order valence-electron chi connectivity index (χ3n) is 4.68. The van der Waals surface area contributed by atoms with Crippen LogP contribution >= 0.6 is 15.9 Å². The maximum atomic E-state index is 13.5. The second-order valence-corrected chi connectivity index (χ2v) is 9.86. The molecular formula is C23H23BrN2O3S. The number of halogens is 1. The number of nitrogens with zero attached hydrogens (tertiary/aromatic N) is 1. The molecule has 3 rings (SSSR count). The van der Waals surface area contributed by atoms with Crippen molar-refractivity contribution in [3.05, 3.63) is 87.9 Å². The van der Waals surface area contributed by atoms with Gasteiger partial charge in [0.05, 0.1) is 16.3 Å². The van der Waals surface area contributed by atoms with Crippen LogP contribution < -0.4 is 9.62 Å². The number of amides is 1. The smallest absolute Gasteiger partial charge is 0.264 e. The molecule has 0 fully saturated rings. The SMILES string of the molecule is Cc1ccc(S(=O)(=O)N(CC(=O)Nc2ccccc2Br)c2cc(C)ccc2C)cc1. The molecule has 3 aromatic carbocycles. The third-order valence-corrected chi connectivity index (χ3v) is 7.14. The van der Waals surface area contributed by atoms with Gasteiger partial charge in [0.25, 0.3) is 10.0 Å². The largest absolute Gasteiger partial charge is 0.323 e. The van der Waals surface area contributed by atoms with E-state index in [9.17, 15) is 13.2 Å². The number of rotatable bonds is 6. The molecule has 0 saturated heterocycles. The molecule has 1 N–H and O–H groups in total. The first-order valence-corrected chi connectivity index (χ1v) is 11.6. The van der Waals surface area contributed by atoms with E-state index in [1.807, 2.05) is 39.0 Å². The molecule has 0 saturated carbocycles. The van der Waals surface area contributed by atoms with Crippen LogP contribution in [0.4, 0.5) is 11.4 Å². The summed E-state index contributed by atoms with van der Waals surface area (Å²) in [6.45, 7) is 5.27. The third kappa shape index (κ3) is 4.91. The summed E-state index contributed by atoms with van der Waals surface area (Å²) in [6.07, 6.45) is 0. The van der Waals surface area contributed by atoms with Crippen molar-refractivity contribution < 1.29 is 13.2 Å². The molecule has 7 heteroatoms. The maximum Gasteiger partial charge on any atom is 0.264 e. The van der Waals surface area contributed by atoms with Crippen molar-refractivity contribution >= 4 is 43.2 Å². The first kappa shape index (κ1) is 22.1. The minimum absolute atomic E-state index is 0.141. The molecule has 3 aromatic rings. The highest BCUT2D eigenvalue weighted by Crippen LogP contribution is 2.28. The molecule has 0 bridgehead atoms. The summed E-state index contributed by atoms with van der Waals surface area (Å²) in [5.41, 5.74) is 3.70. The monoisotopic (exact) mass is 486 g/mol. The molecule has 0 aliphatic rings. The average Bonchev–Trinajstić information content (AvgIpc) is 2.70. The van der Waals surface area contributed by atoms with Gasteiger partial charge in [0.2, 0.25) is 5.91 Å². The molecule has 0 radical (unpaired) electrons. The molecule has 0 aliphatic heterocycles. The van der Waals surface area contributed by atoms with E-state index in [1.54, 1.807) is 48.5 Å². The van der Waals surface area contributed by atoms with Gasteiger partial charge in [0.15, 0.2) is 0 Å². The maximum absolute atomic E-state index is 13.5. The highest BCUT2D eigenvalue weighted by atomic mass is 79.9. The molecule has 0 spiro atoms. The van der Waals surface area contributed by atoms with Gasteiger partial charge in [-0.05, 0) is 78.2 Å². The van der Waals surface area contributed by atoms with Crippen molar-refractivity contribution in [3.63, 3.8) is 0 Å². The predicted octanol–water partition coefficient (Wildman–Crippen LogP) is 5.21. The number of hydrogen-bond acceptors (Lipinski definition) is 3. The van der Waals surface area contributed by atoms with Crippen LogP contribution in [-0.4, -0.2) is 20.9 Å². The van der Waals surface area contributed by atoms with Gasteiger partial charge in [-0.3, -0.25) is 9.10 Å². The van der Waals surface area contributed by atoms with Crippen molar-refractivity contribution in [1.82, 2.24) is 0 Å². The van der Waals surface area contributed by atoms with E-state index >= 15 is 0 Å². The lowest BCUT2D eigenvalue weighted by Crippen LogP contribution is -2.38. The molecule has 0 unspecified atom stereocenters. The first-order valence-electron chi connectivity index (χ1n) is 9.39. The number of para-hydroxylation sites is 1. The Morgan fingerprint density at radius 1 is 0.933 bits per heavy atom. The fourth-order valence-electron chi connectivity index (χ4n) is 3.01. The van der Waals surface area contributed by atoms with Gasteiger partial charge >= 0.3 is 0 Å². The lowest BCUT2D eigenvalue weighted by atomic mass is 10.1. The number of sulfonamides is 1. The van der Waals surface area contributed by atoms with Gasteiger partial charge in [0, 0.05) is 4.47 Å². The van der Waals surface area contributed by atoms with Crippen molar-refractivity contribution in [3.8, 4) is 0 Å². The van der Waals surface area contributed by atoms with Gasteiger partial charge in [-0.2, -0.15) is 0 Å². The second kappa shape index (κ2) is 9.02. The van der Waals surface area contributed by atoms with E-state index in [2.05, 4.69) is 21.2 Å². The van der Waals surface area contributed by atoms with E-state index < -0.39 is 15.9 Å². The van der Waals surface area contributed by atoms with Crippen molar-refractivity contribution in [2.45, 2.75) is 25.7 Å². The van der Waals surface area contributed by atoms with Crippen LogP contribution in [0.5, 0.6) is 0 Å². The topological polar surface area (TPSA) is 66.5 Å². The van der Waals surface area contributed by atoms with Crippen molar-refractivity contribution in [2.24, 2.45) is 0 Å². The zero-order valence-corrected chi connectivity index (χ0v) is 19.4. The zero-order valence-electron chi connectivity index (χ0n) is 17.0. The number of hydrogen-bond donors (Lipinski definition) is 1. The zero-order chi connectivity index (χ0) is 21.9. The van der Waals surface area contributed by atoms with Crippen LogP contribution in [0.3, 0.4) is 0 Å². The van der Waals surface area contributed by atoms with Gasteiger partial charge in [-0.1, -0.05) is 42.0 Å². The summed E-state index contributed by atoms with van der Waals surface area (Å²) >= 11 is 3.39. The number of anilines is 2. The molecule has 1 amide bonds. The molecule has 0 atom stereocenters. The Morgan fingerprint density at radius 3 is 2.23 bits per heavy atom. The molecular weight excluding hydrogens is 464 g/mol. The molecule has 156 valence electrons. The summed E-state index contributed by atoms with van der Waals surface area (Å²) < 4.78 is 28.9. The molecule has 5 nitrogen and oxygen atoms in total. The average molecular weight is 487 g/mol. The number of nitrogens with one attached hydrogen (secondary N) is 1. The van der Waals surface area contributed by atoms with E-state index in [1.165, 1.54) is 4.31 Å². The Kier molecular flexibility index (Phi) is 6.63. The fourth-order valence-corrected chi connectivity index (χ4v) is 4.87. The Balaban J connectivity index is 2.01. The second-order valence-electron chi connectivity index (χ2n) is 7.14. The van der Waals surface area contributed by atoms with Crippen LogP contribution in [0.25, 0.3) is 0 Å². The van der Waals surface area contributed by atoms with E-state index in [0.29, 0.717) is 11.4 Å². The highest BCUT2D eigenvalue weighted by molar-refractivity contribution is 9.10. The number of benzene rings is 3. The molecule has 0 heterocycles. The Bertz CT molecular complexity index is 1180. The molecule has 30 heavy (non-hydrogen) atoms. The van der Waals surface area contributed by atoms with E-state index in [0.717, 1.165) is 21.2 Å². The van der Waals surface area contributed by atoms with Crippen LogP contribution in [0, 0.1) is 20.8 Å². The quantitative estimate of drug-likeness (QED) is 0.519. The van der Waals surface area contributed by atoms with Gasteiger partial charge in [0.1, 0.15) is 6.54 Å². The Morgan fingerprint density at radius 2 is 1.57 bits per heavy atom. The normalized spacial score (nSPS) is 11.2. The predicted molar refractivity (Wildman–Crippen MR) is 124 cm³/mol. The number of aryl methyl sites for hydroxylation is 3. The fraction of sp³-hybridized carbons (Fsp3) is 0.174. The summed E-state index contributed by atoms with van der Waals surface area (Å²) in [5.74, 6) is -0.432. The Labute approximate surface area is 185 Å². The van der Waals surface area contributed by atoms with Crippen LogP contribution in [-0.2, 0) is 14.8 Å². The van der Waals surface area contributed by atoms with Gasteiger partial charge in [-0.15, -0.1) is 0 Å². The summed E-state index contributed by atoms with van der Waals surface area (Å²) in [7, 11) is -3.95. The van der Waals surface area contributed by atoms with Crippen molar-refractivity contribution in [2.75, 3.05) is 16.2 Å². The lowest BCUT2D eigenvalue weighted by molar-refractivity contribution is -0.114. The van der Waals surface area contributed by atoms with Crippen molar-refractivity contribution in [1.29, 1.82) is 0 Å². The number of carbonyl (C=O) groups excluding carboxylic acids is 1. The Hall–Kier alpha value is -2.64. The van der Waals surface area contributed by atoms with Crippen LogP contribution in [0.15, 0.2) is 76.1 Å². The summed E-state index contributed by atoms with van der Waals surface area (Å²) in [6, 6.07) is 19.4. The molecule has 0 aromatic heterocycles. The first-order chi connectivity index (χ1) is 14.2. The minimum Gasteiger partial charge on any atom is -0.323 e. The summed E-state index contributed by atoms with van der Waals surface area (Å²) in [4.78, 5) is 13.0. The lowest BCUT2D eigenvalue weighted by Gasteiger charge is -2.26. The minimum atomic E-state index is -3.95. The van der Waals surface area contributed by atoms with E-state index in [4.69, 9.17) is 0 Å². The number of carbonyl (C=O) groups is 1. The van der Waals surface area contributed by atoms with Gasteiger partial charge in [-0.25, -0.2) is 8.42 Å². The van der Waals surface area contributed by atoms with Crippen LogP contribution in [0.1, 0.15) is 16.7 Å². The highest BCUT2D eigenvalue weighted by Gasteiger charge is 2.28. The van der Waals surface area contributed by atoms with Gasteiger partial charge < -0.3 is 5.32 Å².